The van der Waals surface area contributed by atoms with Crippen molar-refractivity contribution in [1.82, 2.24) is 10.6 Å². The van der Waals surface area contributed by atoms with Crippen molar-refractivity contribution in [2.24, 2.45) is 5.92 Å². The molecule has 6 nitrogen and oxygen atoms in total. The highest BCUT2D eigenvalue weighted by atomic mass is 16.4. The molecule has 1 atom stereocenters. The van der Waals surface area contributed by atoms with Crippen LogP contribution in [0.4, 0.5) is 0 Å². The van der Waals surface area contributed by atoms with Gasteiger partial charge >= 0.3 is 5.97 Å². The lowest BCUT2D eigenvalue weighted by atomic mass is 10.0. The highest BCUT2D eigenvalue weighted by molar-refractivity contribution is 5.99. The molecule has 22 heavy (non-hydrogen) atoms. The van der Waals surface area contributed by atoms with Crippen LogP contribution in [0.2, 0.25) is 0 Å². The summed E-state index contributed by atoms with van der Waals surface area (Å²) in [6.07, 6.45) is 2.02. The summed E-state index contributed by atoms with van der Waals surface area (Å²) in [6, 6.07) is 5.52. The minimum atomic E-state index is -1.07. The van der Waals surface area contributed by atoms with Gasteiger partial charge in [-0.25, -0.2) is 4.79 Å². The molecule has 0 heterocycles. The van der Waals surface area contributed by atoms with Crippen LogP contribution in [0.15, 0.2) is 24.3 Å². The number of carbonyl (C=O) groups is 3. The summed E-state index contributed by atoms with van der Waals surface area (Å²) in [5, 5.41) is 14.4. The van der Waals surface area contributed by atoms with E-state index in [1.165, 1.54) is 12.1 Å². The summed E-state index contributed by atoms with van der Waals surface area (Å²) in [5.41, 5.74) is 0.817. The molecule has 118 valence electrons. The second-order valence-corrected chi connectivity index (χ2v) is 5.86. The van der Waals surface area contributed by atoms with Gasteiger partial charge in [0.05, 0.1) is 0 Å². The molecular weight excluding hydrogens is 284 g/mol. The molecule has 0 saturated heterocycles. The minimum absolute atomic E-state index is 0.153. The van der Waals surface area contributed by atoms with Crippen molar-refractivity contribution < 1.29 is 19.5 Å². The lowest BCUT2D eigenvalue weighted by Gasteiger charge is -2.17. The zero-order valence-corrected chi connectivity index (χ0v) is 12.6. The van der Waals surface area contributed by atoms with Crippen molar-refractivity contribution in [2.45, 2.75) is 38.8 Å². The Hall–Kier alpha value is -2.37. The Kier molecular flexibility index (Phi) is 4.80. The van der Waals surface area contributed by atoms with E-state index in [-0.39, 0.29) is 17.9 Å². The molecule has 0 radical (unpaired) electrons. The van der Waals surface area contributed by atoms with Crippen molar-refractivity contribution in [2.75, 3.05) is 0 Å². The fourth-order valence-electron chi connectivity index (χ4n) is 2.01. The zero-order valence-electron chi connectivity index (χ0n) is 12.6. The van der Waals surface area contributed by atoms with Crippen LogP contribution in [-0.4, -0.2) is 35.0 Å². The van der Waals surface area contributed by atoms with E-state index in [1.54, 1.807) is 26.0 Å². The van der Waals surface area contributed by atoms with Gasteiger partial charge in [-0.1, -0.05) is 13.8 Å². The van der Waals surface area contributed by atoms with Crippen molar-refractivity contribution in [3.63, 3.8) is 0 Å². The van der Waals surface area contributed by atoms with E-state index in [2.05, 4.69) is 10.6 Å². The molecule has 0 spiro atoms. The van der Waals surface area contributed by atoms with Crippen LogP contribution in [0.1, 0.15) is 47.4 Å². The Morgan fingerprint density at radius 3 is 1.95 bits per heavy atom. The van der Waals surface area contributed by atoms with Gasteiger partial charge in [0.2, 0.25) is 0 Å². The van der Waals surface area contributed by atoms with Crippen LogP contribution >= 0.6 is 0 Å². The average Bonchev–Trinajstić information content (AvgIpc) is 3.27. The lowest BCUT2D eigenvalue weighted by molar-refractivity contribution is -0.140. The van der Waals surface area contributed by atoms with Crippen molar-refractivity contribution in [3.05, 3.63) is 35.4 Å². The van der Waals surface area contributed by atoms with E-state index in [0.717, 1.165) is 12.8 Å². The van der Waals surface area contributed by atoms with Gasteiger partial charge < -0.3 is 15.7 Å². The molecule has 1 aliphatic rings. The predicted octanol–water partition coefficient (Wildman–Crippen LogP) is 1.42. The molecule has 6 heteroatoms. The highest BCUT2D eigenvalue weighted by Crippen LogP contribution is 2.19. The Morgan fingerprint density at radius 1 is 1.05 bits per heavy atom. The number of hydrogen-bond acceptors (Lipinski definition) is 3. The Morgan fingerprint density at radius 2 is 1.55 bits per heavy atom. The Labute approximate surface area is 128 Å². The SMILES string of the molecule is CC(C)[C@@H](NC(=O)c1ccc(C(=O)NC2CC2)cc1)C(=O)O. The number of nitrogens with one attached hydrogen (secondary N) is 2. The van der Waals surface area contributed by atoms with Gasteiger partial charge in [-0.2, -0.15) is 0 Å². The van der Waals surface area contributed by atoms with Gasteiger partial charge in [-0.3, -0.25) is 9.59 Å². The number of hydrogen-bond donors (Lipinski definition) is 3. The summed E-state index contributed by atoms with van der Waals surface area (Å²) in [7, 11) is 0. The Balaban J connectivity index is 2.01. The number of carbonyl (C=O) groups excluding carboxylic acids is 2. The average molecular weight is 304 g/mol. The number of aliphatic carboxylic acids is 1. The topological polar surface area (TPSA) is 95.5 Å². The van der Waals surface area contributed by atoms with Crippen LogP contribution in [-0.2, 0) is 4.79 Å². The molecule has 3 N–H and O–H groups in total. The molecule has 0 bridgehead atoms. The van der Waals surface area contributed by atoms with E-state index >= 15 is 0 Å². The summed E-state index contributed by atoms with van der Waals surface area (Å²) in [6.45, 7) is 3.45. The standard InChI is InChI=1S/C16H20N2O4/c1-9(2)13(16(21)22)18-15(20)11-5-3-10(4-6-11)14(19)17-12-7-8-12/h3-6,9,12-13H,7-8H2,1-2H3,(H,17,19)(H,18,20)(H,21,22)/t13-/m1/s1. The van der Waals surface area contributed by atoms with Gasteiger partial charge in [0.15, 0.2) is 0 Å². The van der Waals surface area contributed by atoms with Crippen molar-refractivity contribution >= 4 is 17.8 Å². The first kappa shape index (κ1) is 16.0. The molecule has 1 aromatic carbocycles. The van der Waals surface area contributed by atoms with Crippen LogP contribution in [0.5, 0.6) is 0 Å². The quantitative estimate of drug-likeness (QED) is 0.740. The second-order valence-electron chi connectivity index (χ2n) is 5.86. The van der Waals surface area contributed by atoms with Crippen LogP contribution in [0.25, 0.3) is 0 Å². The molecular formula is C16H20N2O4. The highest BCUT2D eigenvalue weighted by Gasteiger charge is 2.25. The van der Waals surface area contributed by atoms with Gasteiger partial charge in [0.1, 0.15) is 6.04 Å². The lowest BCUT2D eigenvalue weighted by Crippen LogP contribution is -2.44. The summed E-state index contributed by atoms with van der Waals surface area (Å²) in [4.78, 5) is 35.0. The second kappa shape index (κ2) is 6.60. The van der Waals surface area contributed by atoms with Crippen LogP contribution < -0.4 is 10.6 Å². The molecule has 0 aliphatic heterocycles. The third-order valence-corrected chi connectivity index (χ3v) is 3.54. The summed E-state index contributed by atoms with van der Waals surface area (Å²) >= 11 is 0. The molecule has 0 unspecified atom stereocenters. The van der Waals surface area contributed by atoms with Crippen LogP contribution in [0.3, 0.4) is 0 Å². The zero-order chi connectivity index (χ0) is 16.3. The number of carboxylic acid groups (broad SMARTS) is 1. The first-order valence-corrected chi connectivity index (χ1v) is 7.33. The first-order valence-electron chi connectivity index (χ1n) is 7.33. The van der Waals surface area contributed by atoms with E-state index in [0.29, 0.717) is 11.1 Å². The van der Waals surface area contributed by atoms with E-state index < -0.39 is 17.9 Å². The molecule has 1 aromatic rings. The molecule has 0 aromatic heterocycles. The molecule has 2 rings (SSSR count). The summed E-state index contributed by atoms with van der Waals surface area (Å²) < 4.78 is 0. The molecule has 1 fully saturated rings. The maximum atomic E-state index is 12.1. The van der Waals surface area contributed by atoms with Crippen LogP contribution in [0, 0.1) is 5.92 Å². The number of amides is 2. The molecule has 1 aliphatic carbocycles. The van der Waals surface area contributed by atoms with Gasteiger partial charge in [-0.15, -0.1) is 0 Å². The third kappa shape index (κ3) is 4.07. The maximum Gasteiger partial charge on any atom is 0.326 e. The minimum Gasteiger partial charge on any atom is -0.480 e. The third-order valence-electron chi connectivity index (χ3n) is 3.54. The smallest absolute Gasteiger partial charge is 0.326 e. The first-order chi connectivity index (χ1) is 10.4. The summed E-state index contributed by atoms with van der Waals surface area (Å²) in [5.74, 6) is -1.90. The largest absolute Gasteiger partial charge is 0.480 e. The monoisotopic (exact) mass is 304 g/mol. The van der Waals surface area contributed by atoms with Crippen molar-refractivity contribution in [3.8, 4) is 0 Å². The van der Waals surface area contributed by atoms with Gasteiger partial charge in [0, 0.05) is 17.2 Å². The van der Waals surface area contributed by atoms with Gasteiger partial charge in [-0.05, 0) is 43.0 Å². The number of benzene rings is 1. The normalized spacial score (nSPS) is 15.2. The predicted molar refractivity (Wildman–Crippen MR) is 80.7 cm³/mol. The number of carboxylic acids is 1. The van der Waals surface area contributed by atoms with Gasteiger partial charge in [0.25, 0.3) is 11.8 Å². The Bertz CT molecular complexity index is 576. The molecule has 2 amide bonds. The molecule has 1 saturated carbocycles. The fourth-order valence-corrected chi connectivity index (χ4v) is 2.01. The van der Waals surface area contributed by atoms with E-state index in [4.69, 9.17) is 5.11 Å². The van der Waals surface area contributed by atoms with Crippen molar-refractivity contribution in [1.29, 1.82) is 0 Å². The van der Waals surface area contributed by atoms with E-state index in [1.807, 2.05) is 0 Å². The van der Waals surface area contributed by atoms with E-state index in [9.17, 15) is 14.4 Å². The fraction of sp³-hybridized carbons (Fsp3) is 0.438. The number of rotatable bonds is 6. The maximum absolute atomic E-state index is 12.1.